The van der Waals surface area contributed by atoms with E-state index in [4.69, 9.17) is 4.98 Å². The summed E-state index contributed by atoms with van der Waals surface area (Å²) in [4.78, 5) is 8.99. The molecule has 0 unspecified atom stereocenters. The van der Waals surface area contributed by atoms with Crippen LogP contribution >= 0.6 is 0 Å². The fraction of sp³-hybridized carbons (Fsp3) is 0.286. The van der Waals surface area contributed by atoms with Crippen LogP contribution in [0.25, 0.3) is 16.6 Å². The Morgan fingerprint density at radius 3 is 2.72 bits per heavy atom. The van der Waals surface area contributed by atoms with Crippen molar-refractivity contribution in [3.63, 3.8) is 0 Å². The molecule has 0 aliphatic carbocycles. The van der Waals surface area contributed by atoms with E-state index < -0.39 is 0 Å². The Bertz CT molecular complexity index is 715. The second-order valence-corrected chi connectivity index (χ2v) is 4.69. The third-order valence-electron chi connectivity index (χ3n) is 3.15. The molecule has 2 heterocycles. The number of hydrogen-bond donors (Lipinski definition) is 1. The molecule has 3 aromatic rings. The van der Waals surface area contributed by atoms with Crippen LogP contribution in [0.4, 0.5) is 0 Å². The first-order valence-electron chi connectivity index (χ1n) is 6.08. The first-order valence-corrected chi connectivity index (χ1v) is 6.08. The first kappa shape index (κ1) is 11.2. The maximum atomic E-state index is 9.41. The molecule has 0 bridgehead atoms. The number of aromatic nitrogens is 3. The van der Waals surface area contributed by atoms with Crippen LogP contribution in [0, 0.1) is 0 Å². The van der Waals surface area contributed by atoms with Gasteiger partial charge >= 0.3 is 0 Å². The monoisotopic (exact) mass is 241 g/mol. The van der Waals surface area contributed by atoms with E-state index >= 15 is 0 Å². The van der Waals surface area contributed by atoms with Gasteiger partial charge in [0.05, 0.1) is 28.4 Å². The Hall–Kier alpha value is -1.94. The summed E-state index contributed by atoms with van der Waals surface area (Å²) >= 11 is 0. The molecule has 0 saturated heterocycles. The Balaban J connectivity index is 2.53. The van der Waals surface area contributed by atoms with Crippen LogP contribution in [-0.2, 0) is 6.61 Å². The van der Waals surface area contributed by atoms with Crippen LogP contribution in [0.3, 0.4) is 0 Å². The normalized spacial score (nSPS) is 11.8. The number of nitrogens with zero attached hydrogens (tertiary/aromatic N) is 3. The van der Waals surface area contributed by atoms with Crippen LogP contribution < -0.4 is 0 Å². The van der Waals surface area contributed by atoms with Gasteiger partial charge in [-0.1, -0.05) is 26.0 Å². The van der Waals surface area contributed by atoms with Crippen molar-refractivity contribution in [3.8, 4) is 0 Å². The van der Waals surface area contributed by atoms with E-state index in [2.05, 4.69) is 18.8 Å². The van der Waals surface area contributed by atoms with Crippen LogP contribution in [0.2, 0.25) is 0 Å². The smallest absolute Gasteiger partial charge is 0.139 e. The van der Waals surface area contributed by atoms with Gasteiger partial charge in [0.1, 0.15) is 12.4 Å². The van der Waals surface area contributed by atoms with Gasteiger partial charge in [-0.05, 0) is 18.1 Å². The van der Waals surface area contributed by atoms with E-state index in [0.717, 1.165) is 22.2 Å². The van der Waals surface area contributed by atoms with Crippen LogP contribution in [0.5, 0.6) is 0 Å². The zero-order chi connectivity index (χ0) is 12.7. The summed E-state index contributed by atoms with van der Waals surface area (Å²) in [5.74, 6) is 0.978. The molecule has 0 saturated carbocycles. The molecule has 0 spiro atoms. The van der Waals surface area contributed by atoms with Crippen molar-refractivity contribution in [2.45, 2.75) is 26.4 Å². The number of rotatable bonds is 2. The predicted molar refractivity (Wildman–Crippen MR) is 70.5 cm³/mol. The minimum atomic E-state index is -0.0697. The summed E-state index contributed by atoms with van der Waals surface area (Å²) in [6.45, 7) is 4.16. The lowest BCUT2D eigenvalue weighted by molar-refractivity contribution is 0.271. The molecule has 0 aliphatic heterocycles. The first-order chi connectivity index (χ1) is 8.72. The fourth-order valence-corrected chi connectivity index (χ4v) is 2.31. The lowest BCUT2D eigenvalue weighted by atomic mass is 10.1. The van der Waals surface area contributed by atoms with E-state index in [1.165, 1.54) is 0 Å². The topological polar surface area (TPSA) is 50.4 Å². The molecule has 4 nitrogen and oxygen atoms in total. The molecule has 0 fully saturated rings. The van der Waals surface area contributed by atoms with Gasteiger partial charge in [-0.3, -0.25) is 4.40 Å². The highest BCUT2D eigenvalue weighted by atomic mass is 16.3. The Morgan fingerprint density at radius 2 is 2.00 bits per heavy atom. The lowest BCUT2D eigenvalue weighted by Gasteiger charge is -2.11. The summed E-state index contributed by atoms with van der Waals surface area (Å²) in [7, 11) is 0. The molecule has 92 valence electrons. The molecule has 2 aromatic heterocycles. The molecule has 0 atom stereocenters. The molecule has 1 aromatic carbocycles. The van der Waals surface area contributed by atoms with E-state index in [1.54, 1.807) is 6.20 Å². The zero-order valence-electron chi connectivity index (χ0n) is 10.5. The molecular weight excluding hydrogens is 226 g/mol. The molecule has 0 radical (unpaired) electrons. The average molecular weight is 241 g/mol. The molecule has 18 heavy (non-hydrogen) atoms. The molecule has 0 amide bonds. The molecule has 0 aliphatic rings. The van der Waals surface area contributed by atoms with E-state index in [9.17, 15) is 5.11 Å². The third kappa shape index (κ3) is 1.49. The van der Waals surface area contributed by atoms with Gasteiger partial charge in [0.2, 0.25) is 0 Å². The molecule has 3 rings (SSSR count). The van der Waals surface area contributed by atoms with Crippen LogP contribution in [-0.4, -0.2) is 19.5 Å². The summed E-state index contributed by atoms with van der Waals surface area (Å²) in [5.41, 5.74) is 3.91. The fourth-order valence-electron chi connectivity index (χ4n) is 2.31. The predicted octanol–water partition coefficient (Wildman–Crippen LogP) is 2.50. The van der Waals surface area contributed by atoms with Gasteiger partial charge in [-0.2, -0.15) is 0 Å². The molecule has 1 N–H and O–H groups in total. The van der Waals surface area contributed by atoms with E-state index in [1.807, 2.05) is 28.7 Å². The van der Waals surface area contributed by atoms with Crippen molar-refractivity contribution in [3.05, 3.63) is 42.0 Å². The number of aliphatic hydroxyl groups is 1. The highest BCUT2D eigenvalue weighted by Gasteiger charge is 2.14. The largest absolute Gasteiger partial charge is 0.388 e. The van der Waals surface area contributed by atoms with Gasteiger partial charge in [0.25, 0.3) is 0 Å². The second kappa shape index (κ2) is 4.07. The van der Waals surface area contributed by atoms with Crippen LogP contribution in [0.1, 0.15) is 31.3 Å². The van der Waals surface area contributed by atoms with E-state index in [0.29, 0.717) is 11.7 Å². The minimum Gasteiger partial charge on any atom is -0.388 e. The number of para-hydroxylation sites is 2. The highest BCUT2D eigenvalue weighted by Crippen LogP contribution is 2.24. The highest BCUT2D eigenvalue weighted by molar-refractivity contribution is 5.79. The third-order valence-corrected chi connectivity index (χ3v) is 3.15. The maximum absolute atomic E-state index is 9.41. The minimum absolute atomic E-state index is 0.0697. The average Bonchev–Trinajstić information content (AvgIpc) is 2.81. The standard InChI is InChI=1S/C14H15N3O/c1-9(2)14-12-7-15-13(8-18)17(12)11-6-4-3-5-10(11)16-14/h3-7,9,18H,8H2,1-2H3. The number of aliphatic hydroxyl groups excluding tert-OH is 1. The molecular formula is C14H15N3O. The maximum Gasteiger partial charge on any atom is 0.139 e. The second-order valence-electron chi connectivity index (χ2n) is 4.69. The summed E-state index contributed by atoms with van der Waals surface area (Å²) in [5, 5.41) is 9.41. The quantitative estimate of drug-likeness (QED) is 0.750. The van der Waals surface area contributed by atoms with Crippen LogP contribution in [0.15, 0.2) is 30.5 Å². The van der Waals surface area contributed by atoms with E-state index in [-0.39, 0.29) is 6.61 Å². The number of hydrogen-bond acceptors (Lipinski definition) is 3. The van der Waals surface area contributed by atoms with Gasteiger partial charge in [0, 0.05) is 0 Å². The Labute approximate surface area is 105 Å². The van der Waals surface area contributed by atoms with Crippen molar-refractivity contribution in [2.75, 3.05) is 0 Å². The number of benzene rings is 1. The zero-order valence-corrected chi connectivity index (χ0v) is 10.5. The number of imidazole rings is 1. The van der Waals surface area contributed by atoms with Crippen molar-refractivity contribution in [2.24, 2.45) is 0 Å². The Kier molecular flexibility index (Phi) is 2.52. The SMILES string of the molecule is CC(C)c1nc2ccccc2n2c(CO)ncc12. The van der Waals surface area contributed by atoms with Crippen molar-refractivity contribution < 1.29 is 5.11 Å². The van der Waals surface area contributed by atoms with Crippen molar-refractivity contribution in [1.82, 2.24) is 14.4 Å². The molecule has 4 heteroatoms. The summed E-state index contributed by atoms with van der Waals surface area (Å²) < 4.78 is 2.00. The van der Waals surface area contributed by atoms with Gasteiger partial charge in [0.15, 0.2) is 0 Å². The lowest BCUT2D eigenvalue weighted by Crippen LogP contribution is -2.02. The van der Waals surface area contributed by atoms with Gasteiger partial charge in [-0.25, -0.2) is 9.97 Å². The number of fused-ring (bicyclic) bond motifs is 3. The Morgan fingerprint density at radius 1 is 1.22 bits per heavy atom. The summed E-state index contributed by atoms with van der Waals surface area (Å²) in [6.07, 6.45) is 1.79. The summed E-state index contributed by atoms with van der Waals surface area (Å²) in [6, 6.07) is 7.93. The van der Waals surface area contributed by atoms with Gasteiger partial charge in [-0.15, -0.1) is 0 Å². The van der Waals surface area contributed by atoms with Crippen molar-refractivity contribution in [1.29, 1.82) is 0 Å². The van der Waals surface area contributed by atoms with Crippen molar-refractivity contribution >= 4 is 16.6 Å². The van der Waals surface area contributed by atoms with Gasteiger partial charge < -0.3 is 5.11 Å².